The molecule has 176 valence electrons. The Morgan fingerprint density at radius 3 is 2.85 bits per heavy atom. The molecule has 2 atom stereocenters. The Hall–Kier alpha value is -3.25. The van der Waals surface area contributed by atoms with E-state index in [2.05, 4.69) is 28.0 Å². The first-order valence-corrected chi connectivity index (χ1v) is 12.0. The second-order valence-electron chi connectivity index (χ2n) is 9.56. The van der Waals surface area contributed by atoms with Crippen LogP contribution in [0.4, 0.5) is 4.39 Å². The number of benzene rings is 2. The molecule has 1 aliphatic carbocycles. The van der Waals surface area contributed by atoms with Crippen LogP contribution in [0.3, 0.4) is 0 Å². The summed E-state index contributed by atoms with van der Waals surface area (Å²) in [5.41, 5.74) is 4.90. The normalized spacial score (nSPS) is 21.4. The van der Waals surface area contributed by atoms with E-state index in [0.717, 1.165) is 49.1 Å². The van der Waals surface area contributed by atoms with Crippen molar-refractivity contribution in [2.24, 2.45) is 11.8 Å². The Morgan fingerprint density at radius 1 is 1.24 bits per heavy atom. The van der Waals surface area contributed by atoms with E-state index in [9.17, 15) is 9.18 Å². The summed E-state index contributed by atoms with van der Waals surface area (Å²) >= 11 is 0. The minimum absolute atomic E-state index is 0.0690. The highest BCUT2D eigenvalue weighted by Crippen LogP contribution is 2.45. The molecule has 2 fully saturated rings. The molecule has 1 saturated heterocycles. The van der Waals surface area contributed by atoms with Crippen LogP contribution in [-0.2, 0) is 4.79 Å². The van der Waals surface area contributed by atoms with Gasteiger partial charge in [-0.2, -0.15) is 0 Å². The number of carbonyl (C=O) groups is 1. The Bertz CT molecular complexity index is 1240. The first kappa shape index (κ1) is 22.5. The van der Waals surface area contributed by atoms with Gasteiger partial charge in [-0.05, 0) is 56.6 Å². The maximum Gasteiger partial charge on any atom is 0.244 e. The largest absolute Gasteiger partial charge is 0.356 e. The van der Waals surface area contributed by atoms with Gasteiger partial charge >= 0.3 is 0 Å². The van der Waals surface area contributed by atoms with Crippen molar-refractivity contribution in [3.63, 3.8) is 0 Å². The van der Waals surface area contributed by atoms with E-state index in [1.807, 2.05) is 31.2 Å². The van der Waals surface area contributed by atoms with Crippen LogP contribution in [0.5, 0.6) is 0 Å². The zero-order valence-electron chi connectivity index (χ0n) is 19.5. The van der Waals surface area contributed by atoms with E-state index in [0.29, 0.717) is 29.9 Å². The minimum atomic E-state index is -0.303. The number of halogens is 1. The van der Waals surface area contributed by atoms with Crippen LogP contribution < -0.4 is 5.32 Å². The zero-order valence-corrected chi connectivity index (χ0v) is 19.5. The van der Waals surface area contributed by atoms with Gasteiger partial charge in [-0.15, -0.1) is 0 Å². The molecular formula is C28H30FN3O2. The van der Waals surface area contributed by atoms with Crippen molar-refractivity contribution in [2.45, 2.75) is 25.7 Å². The number of rotatable bonds is 7. The monoisotopic (exact) mass is 459 g/mol. The van der Waals surface area contributed by atoms with Crippen molar-refractivity contribution in [3.8, 4) is 0 Å². The van der Waals surface area contributed by atoms with E-state index in [-0.39, 0.29) is 11.7 Å². The predicted molar refractivity (Wildman–Crippen MR) is 132 cm³/mol. The fraction of sp³-hybridized carbons (Fsp3) is 0.357. The van der Waals surface area contributed by atoms with Crippen LogP contribution in [0.1, 0.15) is 35.6 Å². The summed E-state index contributed by atoms with van der Waals surface area (Å²) in [5, 5.41) is 8.18. The van der Waals surface area contributed by atoms with Crippen molar-refractivity contribution < 1.29 is 13.7 Å². The van der Waals surface area contributed by atoms with Gasteiger partial charge in [-0.3, -0.25) is 4.79 Å². The topological polar surface area (TPSA) is 58.4 Å². The van der Waals surface area contributed by atoms with E-state index in [1.165, 1.54) is 23.3 Å². The molecule has 0 radical (unpaired) electrons. The van der Waals surface area contributed by atoms with Crippen molar-refractivity contribution in [1.82, 2.24) is 15.4 Å². The molecule has 1 N–H and O–H groups in total. The molecule has 0 unspecified atom stereocenters. The van der Waals surface area contributed by atoms with Gasteiger partial charge in [-0.25, -0.2) is 4.39 Å². The molecule has 2 heterocycles. The standard InChI is InChI=1S/C28H30FN3O2/c1-18-4-3-5-20(14-18)6-9-27(33)30-16-24-19(2)25(24)17-32-12-10-21(11-13-32)28-23-8-7-22(29)15-26(23)34-31-28/h3-9,14-15,21,24-25H,2,10-13,16-17H2,1H3,(H,30,33)/b9-6+/t24-,25-/m0/s1. The lowest BCUT2D eigenvalue weighted by Crippen LogP contribution is -2.35. The average molecular weight is 460 g/mol. The second kappa shape index (κ2) is 9.55. The zero-order chi connectivity index (χ0) is 23.7. The van der Waals surface area contributed by atoms with E-state index in [1.54, 1.807) is 12.1 Å². The van der Waals surface area contributed by atoms with Gasteiger partial charge in [0, 0.05) is 48.4 Å². The van der Waals surface area contributed by atoms with Crippen LogP contribution in [0.2, 0.25) is 0 Å². The van der Waals surface area contributed by atoms with E-state index >= 15 is 0 Å². The molecule has 1 amide bonds. The molecule has 6 heteroatoms. The van der Waals surface area contributed by atoms with Crippen LogP contribution in [0.25, 0.3) is 17.0 Å². The van der Waals surface area contributed by atoms with Gasteiger partial charge in [0.2, 0.25) is 5.91 Å². The molecule has 0 bridgehead atoms. The highest BCUT2D eigenvalue weighted by atomic mass is 19.1. The van der Waals surface area contributed by atoms with Crippen LogP contribution in [0.15, 0.2) is 65.2 Å². The predicted octanol–water partition coefficient (Wildman–Crippen LogP) is 5.09. The lowest BCUT2D eigenvalue weighted by Gasteiger charge is -2.31. The maximum atomic E-state index is 13.4. The molecule has 5 nitrogen and oxygen atoms in total. The summed E-state index contributed by atoms with van der Waals surface area (Å²) in [6, 6.07) is 12.7. The van der Waals surface area contributed by atoms with Crippen molar-refractivity contribution in [2.75, 3.05) is 26.2 Å². The Balaban J connectivity index is 1.07. The van der Waals surface area contributed by atoms with Crippen molar-refractivity contribution in [1.29, 1.82) is 0 Å². The molecule has 1 aromatic heterocycles. The van der Waals surface area contributed by atoms with Crippen molar-refractivity contribution >= 4 is 23.0 Å². The molecule has 5 rings (SSSR count). The lowest BCUT2D eigenvalue weighted by molar-refractivity contribution is -0.116. The number of amides is 1. The highest BCUT2D eigenvalue weighted by molar-refractivity contribution is 5.91. The number of aryl methyl sites for hydroxylation is 1. The minimum Gasteiger partial charge on any atom is -0.356 e. The summed E-state index contributed by atoms with van der Waals surface area (Å²) in [4.78, 5) is 14.7. The number of carbonyl (C=O) groups excluding carboxylic acids is 1. The van der Waals surface area contributed by atoms with Crippen LogP contribution >= 0.6 is 0 Å². The molecule has 2 aliphatic rings. The van der Waals surface area contributed by atoms with Gasteiger partial charge in [0.1, 0.15) is 5.82 Å². The van der Waals surface area contributed by atoms with E-state index < -0.39 is 0 Å². The Kier molecular flexibility index (Phi) is 6.33. The molecule has 1 aliphatic heterocycles. The molecular weight excluding hydrogens is 429 g/mol. The third-order valence-electron chi connectivity index (χ3n) is 7.19. The first-order valence-electron chi connectivity index (χ1n) is 12.0. The SMILES string of the molecule is C=C1[C@H](CNC(=O)/C=C/c2cccc(C)c2)[C@H]1CN1CCC(c2noc3cc(F)ccc23)CC1. The molecule has 34 heavy (non-hydrogen) atoms. The third kappa shape index (κ3) is 4.97. The molecule has 2 aromatic carbocycles. The number of aromatic nitrogens is 1. The Morgan fingerprint density at radius 2 is 2.06 bits per heavy atom. The summed E-state index contributed by atoms with van der Waals surface area (Å²) in [6.45, 7) is 9.86. The number of hydrogen-bond donors (Lipinski definition) is 1. The average Bonchev–Trinajstić information content (AvgIpc) is 3.23. The number of hydrogen-bond acceptors (Lipinski definition) is 4. The quantitative estimate of drug-likeness (QED) is 0.395. The van der Waals surface area contributed by atoms with Crippen molar-refractivity contribution in [3.05, 3.63) is 83.3 Å². The summed E-state index contributed by atoms with van der Waals surface area (Å²) in [7, 11) is 0. The smallest absolute Gasteiger partial charge is 0.244 e. The molecule has 3 aromatic rings. The number of nitrogens with zero attached hydrogens (tertiary/aromatic N) is 2. The number of fused-ring (bicyclic) bond motifs is 1. The maximum absolute atomic E-state index is 13.4. The molecule has 0 spiro atoms. The van der Waals surface area contributed by atoms with Gasteiger partial charge in [-0.1, -0.05) is 47.1 Å². The fourth-order valence-corrected chi connectivity index (χ4v) is 5.07. The number of piperidine rings is 1. The first-order chi connectivity index (χ1) is 16.5. The van der Waals surface area contributed by atoms with Gasteiger partial charge in [0.05, 0.1) is 5.69 Å². The number of nitrogens with one attached hydrogen (secondary N) is 1. The fourth-order valence-electron chi connectivity index (χ4n) is 5.07. The number of likely N-dealkylation sites (tertiary alicyclic amines) is 1. The van der Waals surface area contributed by atoms with Gasteiger partial charge < -0.3 is 14.7 Å². The highest BCUT2D eigenvalue weighted by Gasteiger charge is 2.43. The van der Waals surface area contributed by atoms with Gasteiger partial charge in [0.25, 0.3) is 0 Å². The third-order valence-corrected chi connectivity index (χ3v) is 7.19. The van der Waals surface area contributed by atoms with Crippen LogP contribution in [-0.4, -0.2) is 42.1 Å². The van der Waals surface area contributed by atoms with Crippen LogP contribution in [0, 0.1) is 24.6 Å². The summed E-state index contributed by atoms with van der Waals surface area (Å²) < 4.78 is 18.8. The lowest BCUT2D eigenvalue weighted by atomic mass is 9.91. The molecule has 1 saturated carbocycles. The van der Waals surface area contributed by atoms with Gasteiger partial charge in [0.15, 0.2) is 5.58 Å². The van der Waals surface area contributed by atoms with E-state index in [4.69, 9.17) is 4.52 Å². The summed E-state index contributed by atoms with van der Waals surface area (Å²) in [5.74, 6) is 0.751. The summed E-state index contributed by atoms with van der Waals surface area (Å²) in [6.07, 6.45) is 5.45. The Labute approximate surface area is 199 Å². The second-order valence-corrected chi connectivity index (χ2v) is 9.56.